The number of hydrogen-bond donors (Lipinski definition) is 1. The van der Waals surface area contributed by atoms with E-state index >= 15 is 0 Å². The van der Waals surface area contributed by atoms with Gasteiger partial charge in [0.25, 0.3) is 0 Å². The summed E-state index contributed by atoms with van der Waals surface area (Å²) in [6.45, 7) is 8.10. The lowest BCUT2D eigenvalue weighted by Gasteiger charge is -2.29. The van der Waals surface area contributed by atoms with E-state index in [0.717, 1.165) is 10.7 Å². The maximum absolute atomic E-state index is 11.8. The molecule has 0 aliphatic carbocycles. The maximum atomic E-state index is 11.8. The van der Waals surface area contributed by atoms with E-state index in [-0.39, 0.29) is 17.4 Å². The van der Waals surface area contributed by atoms with Gasteiger partial charge < -0.3 is 5.32 Å². The zero-order chi connectivity index (χ0) is 11.4. The van der Waals surface area contributed by atoms with Gasteiger partial charge in [-0.3, -0.25) is 4.79 Å². The molecule has 0 aromatic rings. The molecule has 0 fully saturated rings. The predicted octanol–water partition coefficient (Wildman–Crippen LogP) is 2.94. The summed E-state index contributed by atoms with van der Waals surface area (Å²) in [4.78, 5) is 11.8. The molecule has 2 nitrogen and oxygen atoms in total. The van der Waals surface area contributed by atoms with Crippen LogP contribution in [0, 0.1) is 11.8 Å². The molecule has 0 spiro atoms. The van der Waals surface area contributed by atoms with Crippen molar-refractivity contribution in [3.05, 3.63) is 0 Å². The van der Waals surface area contributed by atoms with Gasteiger partial charge >= 0.3 is 0 Å². The van der Waals surface area contributed by atoms with Gasteiger partial charge in [-0.15, -0.1) is 0 Å². The number of amides is 1. The van der Waals surface area contributed by atoms with Gasteiger partial charge in [-0.25, -0.2) is 0 Å². The van der Waals surface area contributed by atoms with Gasteiger partial charge in [0.2, 0.25) is 5.91 Å². The molecule has 14 heavy (non-hydrogen) atoms. The van der Waals surface area contributed by atoms with Crippen LogP contribution in [0.1, 0.15) is 27.7 Å². The lowest BCUT2D eigenvalue weighted by molar-refractivity contribution is -0.127. The number of alkyl halides is 2. The van der Waals surface area contributed by atoms with Gasteiger partial charge in [0.15, 0.2) is 0 Å². The summed E-state index contributed by atoms with van der Waals surface area (Å²) in [6.07, 6.45) is 0. The van der Waals surface area contributed by atoms with E-state index in [0.29, 0.717) is 5.92 Å². The van der Waals surface area contributed by atoms with Crippen molar-refractivity contribution >= 4 is 37.8 Å². The Bertz CT molecular complexity index is 191. The normalized spacial score (nSPS) is 14.2. The highest BCUT2D eigenvalue weighted by Crippen LogP contribution is 2.15. The van der Waals surface area contributed by atoms with Gasteiger partial charge in [-0.2, -0.15) is 0 Å². The van der Waals surface area contributed by atoms with Crippen LogP contribution in [0.15, 0.2) is 0 Å². The second kappa shape index (κ2) is 6.11. The first-order chi connectivity index (χ1) is 6.36. The van der Waals surface area contributed by atoms with Gasteiger partial charge in [0, 0.05) is 16.6 Å². The molecule has 0 aliphatic heterocycles. The Morgan fingerprint density at radius 1 is 1.29 bits per heavy atom. The fourth-order valence-corrected chi connectivity index (χ4v) is 2.03. The molecule has 0 aromatic carbocycles. The molecule has 1 N–H and O–H groups in total. The van der Waals surface area contributed by atoms with Crippen molar-refractivity contribution in [2.75, 3.05) is 10.7 Å². The van der Waals surface area contributed by atoms with Crippen LogP contribution >= 0.6 is 31.9 Å². The highest BCUT2D eigenvalue weighted by molar-refractivity contribution is 9.09. The van der Waals surface area contributed by atoms with Crippen molar-refractivity contribution < 1.29 is 4.79 Å². The van der Waals surface area contributed by atoms with Crippen LogP contribution in [0.3, 0.4) is 0 Å². The fourth-order valence-electron chi connectivity index (χ4n) is 0.817. The minimum Gasteiger partial charge on any atom is -0.349 e. The number of rotatable bonds is 5. The Kier molecular flexibility index (Phi) is 6.30. The topological polar surface area (TPSA) is 29.1 Å². The Labute approximate surface area is 103 Å². The van der Waals surface area contributed by atoms with Crippen LogP contribution in [-0.4, -0.2) is 22.1 Å². The van der Waals surface area contributed by atoms with Crippen LogP contribution < -0.4 is 5.32 Å². The van der Waals surface area contributed by atoms with Crippen molar-refractivity contribution in [3.63, 3.8) is 0 Å². The molecule has 0 aliphatic rings. The monoisotopic (exact) mass is 327 g/mol. The SMILES string of the molecule is CC(C)C(C)C(=O)NC(C)(CBr)CBr. The molecule has 0 bridgehead atoms. The lowest BCUT2D eigenvalue weighted by Crippen LogP contribution is -2.51. The Morgan fingerprint density at radius 2 is 1.71 bits per heavy atom. The molecule has 0 heterocycles. The Balaban J connectivity index is 4.30. The standard InChI is InChI=1S/C10H19Br2NO/c1-7(2)8(3)9(14)13-10(4,5-11)6-12/h7-8H,5-6H2,1-4H3,(H,13,14). The van der Waals surface area contributed by atoms with Crippen LogP contribution in [0.25, 0.3) is 0 Å². The van der Waals surface area contributed by atoms with Gasteiger partial charge in [0.1, 0.15) is 0 Å². The summed E-state index contributed by atoms with van der Waals surface area (Å²) < 4.78 is 0. The zero-order valence-electron chi connectivity index (χ0n) is 9.23. The minimum absolute atomic E-state index is 0.0624. The quantitative estimate of drug-likeness (QED) is 0.772. The maximum Gasteiger partial charge on any atom is 0.223 e. The van der Waals surface area contributed by atoms with E-state index in [2.05, 4.69) is 51.0 Å². The highest BCUT2D eigenvalue weighted by Gasteiger charge is 2.27. The van der Waals surface area contributed by atoms with Gasteiger partial charge in [-0.1, -0.05) is 52.6 Å². The fraction of sp³-hybridized carbons (Fsp3) is 0.900. The van der Waals surface area contributed by atoms with Crippen molar-refractivity contribution in [2.45, 2.75) is 33.2 Å². The third-order valence-electron chi connectivity index (χ3n) is 2.43. The van der Waals surface area contributed by atoms with E-state index in [4.69, 9.17) is 0 Å². The molecule has 84 valence electrons. The van der Waals surface area contributed by atoms with Gasteiger partial charge in [0.05, 0.1) is 5.54 Å². The molecule has 1 amide bonds. The van der Waals surface area contributed by atoms with Crippen molar-refractivity contribution in [1.82, 2.24) is 5.32 Å². The van der Waals surface area contributed by atoms with E-state index in [1.165, 1.54) is 0 Å². The Morgan fingerprint density at radius 3 is 2.00 bits per heavy atom. The molecule has 0 saturated carbocycles. The molecule has 4 heteroatoms. The molecule has 0 saturated heterocycles. The second-order valence-corrected chi connectivity index (χ2v) is 5.47. The van der Waals surface area contributed by atoms with Crippen molar-refractivity contribution in [3.8, 4) is 0 Å². The zero-order valence-corrected chi connectivity index (χ0v) is 12.4. The van der Waals surface area contributed by atoms with Crippen LogP contribution in [0.4, 0.5) is 0 Å². The van der Waals surface area contributed by atoms with E-state index in [1.54, 1.807) is 0 Å². The first kappa shape index (κ1) is 14.4. The third kappa shape index (κ3) is 4.30. The number of hydrogen-bond acceptors (Lipinski definition) is 1. The first-order valence-electron chi connectivity index (χ1n) is 4.80. The smallest absolute Gasteiger partial charge is 0.223 e. The highest BCUT2D eigenvalue weighted by atomic mass is 79.9. The number of halogens is 2. The summed E-state index contributed by atoms with van der Waals surface area (Å²) >= 11 is 6.80. The molecule has 1 unspecified atom stereocenters. The van der Waals surface area contributed by atoms with Crippen molar-refractivity contribution in [1.29, 1.82) is 0 Å². The molecule has 1 atom stereocenters. The summed E-state index contributed by atoms with van der Waals surface area (Å²) in [5.74, 6) is 0.568. The molecule has 0 rings (SSSR count). The summed E-state index contributed by atoms with van der Waals surface area (Å²) in [6, 6.07) is 0. The third-order valence-corrected chi connectivity index (χ3v) is 4.90. The van der Waals surface area contributed by atoms with Crippen molar-refractivity contribution in [2.24, 2.45) is 11.8 Å². The number of carbonyl (C=O) groups excluding carboxylic acids is 1. The van der Waals surface area contributed by atoms with Crippen LogP contribution in [0.5, 0.6) is 0 Å². The second-order valence-electron chi connectivity index (χ2n) is 4.35. The average molecular weight is 329 g/mol. The number of carbonyl (C=O) groups is 1. The average Bonchev–Trinajstić information content (AvgIpc) is 2.16. The summed E-state index contributed by atoms with van der Waals surface area (Å²) in [7, 11) is 0. The predicted molar refractivity (Wildman–Crippen MR) is 68.1 cm³/mol. The van der Waals surface area contributed by atoms with Crippen LogP contribution in [-0.2, 0) is 4.79 Å². The summed E-state index contributed by atoms with van der Waals surface area (Å²) in [5.41, 5.74) is -0.194. The molecular formula is C10H19Br2NO. The lowest BCUT2D eigenvalue weighted by atomic mass is 9.96. The minimum atomic E-state index is -0.194. The van der Waals surface area contributed by atoms with E-state index < -0.39 is 0 Å². The summed E-state index contributed by atoms with van der Waals surface area (Å²) in [5, 5.41) is 4.54. The molecular weight excluding hydrogens is 310 g/mol. The Hall–Kier alpha value is 0.430. The largest absolute Gasteiger partial charge is 0.349 e. The first-order valence-corrected chi connectivity index (χ1v) is 7.04. The number of nitrogens with one attached hydrogen (secondary N) is 1. The van der Waals surface area contributed by atoms with E-state index in [9.17, 15) is 4.79 Å². The van der Waals surface area contributed by atoms with E-state index in [1.807, 2.05) is 13.8 Å². The molecule has 0 aromatic heterocycles. The van der Waals surface area contributed by atoms with Gasteiger partial charge in [-0.05, 0) is 12.8 Å². The van der Waals surface area contributed by atoms with Crippen LogP contribution in [0.2, 0.25) is 0 Å². The molecule has 0 radical (unpaired) electrons.